The number of thioether (sulfide) groups is 1. The zero-order valence-corrected chi connectivity index (χ0v) is 11.7. The smallest absolute Gasteiger partial charge is 0.227 e. The van der Waals surface area contributed by atoms with Crippen LogP contribution in [-0.4, -0.2) is 36.5 Å². The number of nitrogens with one attached hydrogen (secondary N) is 2. The molecule has 17 heavy (non-hydrogen) atoms. The summed E-state index contributed by atoms with van der Waals surface area (Å²) in [4.78, 5) is 12.3. The van der Waals surface area contributed by atoms with Gasteiger partial charge in [0.1, 0.15) is 0 Å². The zero-order valence-electron chi connectivity index (χ0n) is 10.9. The normalized spacial score (nSPS) is 38.0. The Morgan fingerprint density at radius 1 is 1.47 bits per heavy atom. The quantitative estimate of drug-likeness (QED) is 0.809. The number of carbonyl (C=O) groups excluding carboxylic acids is 1. The van der Waals surface area contributed by atoms with E-state index >= 15 is 0 Å². The highest BCUT2D eigenvalue weighted by molar-refractivity contribution is 7.99. The van der Waals surface area contributed by atoms with Crippen LogP contribution in [0.25, 0.3) is 0 Å². The maximum Gasteiger partial charge on any atom is 0.227 e. The van der Waals surface area contributed by atoms with Gasteiger partial charge in [-0.25, -0.2) is 0 Å². The molecule has 3 atom stereocenters. The first-order valence-corrected chi connectivity index (χ1v) is 7.97. The summed E-state index contributed by atoms with van der Waals surface area (Å²) >= 11 is 1.93. The van der Waals surface area contributed by atoms with Gasteiger partial charge in [0.2, 0.25) is 5.91 Å². The Morgan fingerprint density at radius 2 is 2.29 bits per heavy atom. The second kappa shape index (κ2) is 5.61. The van der Waals surface area contributed by atoms with Crippen molar-refractivity contribution < 1.29 is 4.79 Å². The van der Waals surface area contributed by atoms with E-state index in [2.05, 4.69) is 23.8 Å². The van der Waals surface area contributed by atoms with E-state index in [-0.39, 0.29) is 11.3 Å². The predicted molar refractivity (Wildman–Crippen MR) is 73.3 cm³/mol. The van der Waals surface area contributed by atoms with Gasteiger partial charge in [0.25, 0.3) is 0 Å². The fourth-order valence-electron chi connectivity index (χ4n) is 2.89. The van der Waals surface area contributed by atoms with Crippen molar-refractivity contribution >= 4 is 17.7 Å². The van der Waals surface area contributed by atoms with Gasteiger partial charge in [-0.05, 0) is 51.8 Å². The highest BCUT2D eigenvalue weighted by Crippen LogP contribution is 2.30. The molecule has 0 bridgehead atoms. The van der Waals surface area contributed by atoms with E-state index in [0.29, 0.717) is 6.04 Å². The topological polar surface area (TPSA) is 41.1 Å². The van der Waals surface area contributed by atoms with Crippen molar-refractivity contribution in [1.82, 2.24) is 10.6 Å². The molecule has 0 aromatic carbocycles. The molecule has 1 aliphatic heterocycles. The number of piperidine rings is 1. The van der Waals surface area contributed by atoms with E-state index in [1.165, 1.54) is 6.42 Å². The zero-order chi connectivity index (χ0) is 12.3. The van der Waals surface area contributed by atoms with Crippen LogP contribution in [-0.2, 0) is 4.79 Å². The van der Waals surface area contributed by atoms with Crippen LogP contribution in [0.15, 0.2) is 0 Å². The molecule has 0 spiro atoms. The van der Waals surface area contributed by atoms with Gasteiger partial charge in [-0.3, -0.25) is 4.79 Å². The van der Waals surface area contributed by atoms with Crippen molar-refractivity contribution in [2.75, 3.05) is 19.3 Å². The standard InChI is InChI=1S/C13H24N2OS/c1-13(6-3-7-14-9-13)12(16)15-10-4-5-11(8-10)17-2/h10-11,14H,3-9H2,1-2H3,(H,15,16). The molecule has 0 aromatic heterocycles. The minimum atomic E-state index is -0.185. The lowest BCUT2D eigenvalue weighted by molar-refractivity contribution is -0.131. The lowest BCUT2D eigenvalue weighted by atomic mass is 9.81. The van der Waals surface area contributed by atoms with Crippen LogP contribution >= 0.6 is 11.8 Å². The van der Waals surface area contributed by atoms with Crippen LogP contribution in [0.3, 0.4) is 0 Å². The van der Waals surface area contributed by atoms with Crippen molar-refractivity contribution in [3.63, 3.8) is 0 Å². The summed E-state index contributed by atoms with van der Waals surface area (Å²) < 4.78 is 0. The second-order valence-electron chi connectivity index (χ2n) is 5.68. The highest BCUT2D eigenvalue weighted by Gasteiger charge is 2.36. The molecule has 1 amide bonds. The molecular formula is C13H24N2OS. The molecule has 0 aromatic rings. The summed E-state index contributed by atoms with van der Waals surface area (Å²) in [6.45, 7) is 3.98. The minimum Gasteiger partial charge on any atom is -0.353 e. The van der Waals surface area contributed by atoms with Crippen molar-refractivity contribution in [2.45, 2.75) is 50.3 Å². The van der Waals surface area contributed by atoms with Gasteiger partial charge >= 0.3 is 0 Å². The van der Waals surface area contributed by atoms with E-state index in [1.807, 2.05) is 11.8 Å². The van der Waals surface area contributed by atoms with Crippen molar-refractivity contribution in [2.24, 2.45) is 5.41 Å². The summed E-state index contributed by atoms with van der Waals surface area (Å²) in [5.41, 5.74) is -0.185. The molecule has 1 saturated carbocycles. The number of hydrogen-bond donors (Lipinski definition) is 2. The minimum absolute atomic E-state index is 0.185. The highest BCUT2D eigenvalue weighted by atomic mass is 32.2. The molecule has 3 unspecified atom stereocenters. The molecule has 4 heteroatoms. The molecule has 3 nitrogen and oxygen atoms in total. The number of amides is 1. The van der Waals surface area contributed by atoms with Crippen LogP contribution in [0.1, 0.15) is 39.0 Å². The largest absolute Gasteiger partial charge is 0.353 e. The Kier molecular flexibility index (Phi) is 4.36. The van der Waals surface area contributed by atoms with Crippen molar-refractivity contribution in [3.05, 3.63) is 0 Å². The van der Waals surface area contributed by atoms with Crippen LogP contribution in [0, 0.1) is 5.41 Å². The van der Waals surface area contributed by atoms with E-state index in [0.717, 1.165) is 44.0 Å². The van der Waals surface area contributed by atoms with E-state index < -0.39 is 0 Å². The van der Waals surface area contributed by atoms with Gasteiger partial charge < -0.3 is 10.6 Å². The first kappa shape index (κ1) is 13.2. The van der Waals surface area contributed by atoms with Crippen LogP contribution < -0.4 is 10.6 Å². The Morgan fingerprint density at radius 3 is 2.88 bits per heavy atom. The summed E-state index contributed by atoms with van der Waals surface area (Å²) in [6.07, 6.45) is 7.85. The van der Waals surface area contributed by atoms with Crippen molar-refractivity contribution in [3.8, 4) is 0 Å². The van der Waals surface area contributed by atoms with Crippen LogP contribution in [0.4, 0.5) is 0 Å². The maximum atomic E-state index is 12.3. The summed E-state index contributed by atoms with van der Waals surface area (Å²) in [6, 6.07) is 0.415. The lowest BCUT2D eigenvalue weighted by Gasteiger charge is -2.33. The average Bonchev–Trinajstić information content (AvgIpc) is 2.78. The maximum absolute atomic E-state index is 12.3. The average molecular weight is 256 g/mol. The van der Waals surface area contributed by atoms with Gasteiger partial charge in [-0.15, -0.1) is 0 Å². The Balaban J connectivity index is 1.84. The monoisotopic (exact) mass is 256 g/mol. The molecule has 98 valence electrons. The van der Waals surface area contributed by atoms with Gasteiger partial charge in [0.15, 0.2) is 0 Å². The molecule has 1 aliphatic carbocycles. The SMILES string of the molecule is CSC1CCC(NC(=O)C2(C)CCCNC2)C1. The number of hydrogen-bond acceptors (Lipinski definition) is 3. The molecule has 2 N–H and O–H groups in total. The molecular weight excluding hydrogens is 232 g/mol. The molecule has 0 radical (unpaired) electrons. The molecule has 1 saturated heterocycles. The predicted octanol–water partition coefficient (Wildman–Crippen LogP) is 1.78. The first-order valence-electron chi connectivity index (χ1n) is 6.68. The Bertz CT molecular complexity index is 277. The third-order valence-corrected chi connectivity index (χ3v) is 5.29. The first-order chi connectivity index (χ1) is 8.14. The lowest BCUT2D eigenvalue weighted by Crippen LogP contribution is -2.50. The van der Waals surface area contributed by atoms with Gasteiger partial charge in [0, 0.05) is 17.8 Å². The van der Waals surface area contributed by atoms with Crippen molar-refractivity contribution in [1.29, 1.82) is 0 Å². The molecule has 2 rings (SSSR count). The molecule has 2 fully saturated rings. The summed E-state index contributed by atoms with van der Waals surface area (Å²) in [7, 11) is 0. The fraction of sp³-hybridized carbons (Fsp3) is 0.923. The van der Waals surface area contributed by atoms with Crippen LogP contribution in [0.5, 0.6) is 0 Å². The van der Waals surface area contributed by atoms with Gasteiger partial charge in [-0.2, -0.15) is 11.8 Å². The van der Waals surface area contributed by atoms with Gasteiger partial charge in [-0.1, -0.05) is 0 Å². The molecule has 1 heterocycles. The third kappa shape index (κ3) is 3.16. The van der Waals surface area contributed by atoms with E-state index in [9.17, 15) is 4.79 Å². The summed E-state index contributed by atoms with van der Waals surface area (Å²) in [5.74, 6) is 0.261. The third-order valence-electron chi connectivity index (χ3n) is 4.20. The second-order valence-corrected chi connectivity index (χ2v) is 6.82. The molecule has 2 aliphatic rings. The van der Waals surface area contributed by atoms with Crippen LogP contribution in [0.2, 0.25) is 0 Å². The fourth-order valence-corrected chi connectivity index (χ4v) is 3.69. The Hall–Kier alpha value is -0.220. The number of rotatable bonds is 3. The van der Waals surface area contributed by atoms with E-state index in [4.69, 9.17) is 0 Å². The summed E-state index contributed by atoms with van der Waals surface area (Å²) in [5, 5.41) is 7.35. The Labute approximate surface area is 108 Å². The van der Waals surface area contributed by atoms with Gasteiger partial charge in [0.05, 0.1) is 5.41 Å². The van der Waals surface area contributed by atoms with E-state index in [1.54, 1.807) is 0 Å². The number of carbonyl (C=O) groups is 1.